The Bertz CT molecular complexity index is 1070. The quantitative estimate of drug-likeness (QED) is 0.595. The van der Waals surface area contributed by atoms with Gasteiger partial charge < -0.3 is 9.88 Å². The van der Waals surface area contributed by atoms with Gasteiger partial charge in [0.2, 0.25) is 0 Å². The molecule has 3 aromatic heterocycles. The van der Waals surface area contributed by atoms with Crippen molar-refractivity contribution in [2.24, 2.45) is 7.05 Å². The number of benzene rings is 1. The van der Waals surface area contributed by atoms with Gasteiger partial charge in [0.25, 0.3) is 5.91 Å². The number of aryl methyl sites for hydroxylation is 3. The van der Waals surface area contributed by atoms with Gasteiger partial charge in [-0.2, -0.15) is 5.10 Å². The maximum absolute atomic E-state index is 12.5. The first-order valence-corrected chi connectivity index (χ1v) is 8.22. The lowest BCUT2D eigenvalue weighted by molar-refractivity contribution is 0.102. The average molecular weight is 347 g/mol. The predicted octanol–water partition coefficient (Wildman–Crippen LogP) is 1.90. The van der Waals surface area contributed by atoms with E-state index < -0.39 is 0 Å². The van der Waals surface area contributed by atoms with E-state index in [2.05, 4.69) is 25.6 Å². The molecule has 0 saturated carbocycles. The largest absolute Gasteiger partial charge is 0.321 e. The maximum Gasteiger partial charge on any atom is 0.274 e. The smallest absolute Gasteiger partial charge is 0.274 e. The fourth-order valence-electron chi connectivity index (χ4n) is 2.73. The minimum absolute atomic E-state index is 0.251. The Balaban J connectivity index is 1.45. The molecule has 0 spiro atoms. The van der Waals surface area contributed by atoms with Crippen LogP contribution in [0.1, 0.15) is 21.9 Å². The van der Waals surface area contributed by atoms with Crippen LogP contribution >= 0.6 is 0 Å². The topological polar surface area (TPSA) is 90.0 Å². The zero-order valence-electron chi connectivity index (χ0n) is 14.2. The summed E-state index contributed by atoms with van der Waals surface area (Å²) in [6, 6.07) is 11.2. The van der Waals surface area contributed by atoms with E-state index in [0.717, 1.165) is 29.9 Å². The third kappa shape index (κ3) is 3.30. The number of aromatic nitrogens is 6. The summed E-state index contributed by atoms with van der Waals surface area (Å²) in [7, 11) is 1.93. The number of nitrogens with zero attached hydrogens (tertiary/aromatic N) is 6. The molecule has 0 fully saturated rings. The number of carbonyl (C=O) groups is 1. The summed E-state index contributed by atoms with van der Waals surface area (Å²) in [5.41, 5.74) is 2.84. The zero-order chi connectivity index (χ0) is 17.9. The molecule has 0 bridgehead atoms. The fraction of sp³-hybridized carbons (Fsp3) is 0.167. The van der Waals surface area contributed by atoms with Crippen LogP contribution in [0, 0.1) is 0 Å². The lowest BCUT2D eigenvalue weighted by Crippen LogP contribution is -2.14. The molecule has 0 aliphatic rings. The summed E-state index contributed by atoms with van der Waals surface area (Å²) in [6.07, 6.45) is 6.65. The molecule has 1 N–H and O–H groups in total. The van der Waals surface area contributed by atoms with Crippen molar-refractivity contribution in [3.8, 4) is 0 Å². The van der Waals surface area contributed by atoms with Crippen LogP contribution in [0.5, 0.6) is 0 Å². The average Bonchev–Trinajstić information content (AvgIpc) is 3.28. The molecule has 0 saturated heterocycles. The lowest BCUT2D eigenvalue weighted by atomic mass is 10.1. The molecule has 0 aliphatic carbocycles. The van der Waals surface area contributed by atoms with E-state index in [1.54, 1.807) is 35.4 Å². The Labute approximate surface area is 149 Å². The Hall–Kier alpha value is -3.55. The summed E-state index contributed by atoms with van der Waals surface area (Å²) in [5, 5.41) is 14.9. The Morgan fingerprint density at radius 1 is 1.19 bits per heavy atom. The molecule has 1 amide bonds. The number of rotatable bonds is 5. The maximum atomic E-state index is 12.5. The number of anilines is 1. The molecule has 0 unspecified atom stereocenters. The highest BCUT2D eigenvalue weighted by atomic mass is 16.1. The van der Waals surface area contributed by atoms with Crippen molar-refractivity contribution in [3.63, 3.8) is 0 Å². The van der Waals surface area contributed by atoms with Crippen molar-refractivity contribution in [3.05, 3.63) is 72.2 Å². The predicted molar refractivity (Wildman–Crippen MR) is 95.8 cm³/mol. The van der Waals surface area contributed by atoms with Gasteiger partial charge in [-0.25, -0.2) is 9.50 Å². The molecular formula is C18H17N7O. The van der Waals surface area contributed by atoms with Gasteiger partial charge in [-0.05, 0) is 30.2 Å². The van der Waals surface area contributed by atoms with E-state index in [-0.39, 0.29) is 5.91 Å². The molecule has 4 rings (SSSR count). The highest BCUT2D eigenvalue weighted by molar-refractivity contribution is 6.03. The van der Waals surface area contributed by atoms with Gasteiger partial charge in [0.15, 0.2) is 5.65 Å². The SMILES string of the molecule is Cn1cnnc1CCc1cccc(NC(=O)c2ccn3nccc3n2)c1. The highest BCUT2D eigenvalue weighted by Crippen LogP contribution is 2.14. The summed E-state index contributed by atoms with van der Waals surface area (Å²) >= 11 is 0. The van der Waals surface area contributed by atoms with E-state index in [1.807, 2.05) is 35.9 Å². The second kappa shape index (κ2) is 6.75. The summed E-state index contributed by atoms with van der Waals surface area (Å²) < 4.78 is 3.52. The normalized spacial score (nSPS) is 11.0. The van der Waals surface area contributed by atoms with Crippen molar-refractivity contribution in [1.29, 1.82) is 0 Å². The summed E-state index contributed by atoms with van der Waals surface area (Å²) in [4.78, 5) is 16.8. The van der Waals surface area contributed by atoms with E-state index in [4.69, 9.17) is 0 Å². The van der Waals surface area contributed by atoms with Gasteiger partial charge in [-0.3, -0.25) is 4.79 Å². The van der Waals surface area contributed by atoms with E-state index in [1.165, 1.54) is 0 Å². The number of amides is 1. The number of hydrogen-bond donors (Lipinski definition) is 1. The molecule has 0 aliphatic heterocycles. The molecule has 26 heavy (non-hydrogen) atoms. The summed E-state index contributed by atoms with van der Waals surface area (Å²) in [6.45, 7) is 0. The van der Waals surface area contributed by atoms with Crippen LogP contribution in [-0.2, 0) is 19.9 Å². The molecule has 1 aromatic carbocycles. The molecule has 0 atom stereocenters. The van der Waals surface area contributed by atoms with Crippen molar-refractivity contribution >= 4 is 17.2 Å². The van der Waals surface area contributed by atoms with Crippen LogP contribution in [0.15, 0.2) is 55.1 Å². The van der Waals surface area contributed by atoms with Gasteiger partial charge in [-0.1, -0.05) is 12.1 Å². The Morgan fingerprint density at radius 2 is 2.12 bits per heavy atom. The molecule has 0 radical (unpaired) electrons. The van der Waals surface area contributed by atoms with Gasteiger partial charge in [-0.15, -0.1) is 10.2 Å². The third-order valence-electron chi connectivity index (χ3n) is 4.12. The van der Waals surface area contributed by atoms with Crippen molar-refractivity contribution in [2.75, 3.05) is 5.32 Å². The van der Waals surface area contributed by atoms with Gasteiger partial charge in [0.05, 0.1) is 6.20 Å². The number of carbonyl (C=O) groups excluding carboxylic acids is 1. The molecular weight excluding hydrogens is 330 g/mol. The van der Waals surface area contributed by atoms with Crippen molar-refractivity contribution in [2.45, 2.75) is 12.8 Å². The van der Waals surface area contributed by atoms with E-state index in [0.29, 0.717) is 11.3 Å². The first-order chi connectivity index (χ1) is 12.7. The molecule has 4 aromatic rings. The second-order valence-corrected chi connectivity index (χ2v) is 5.96. The van der Waals surface area contributed by atoms with Crippen molar-refractivity contribution in [1.82, 2.24) is 29.4 Å². The zero-order valence-corrected chi connectivity index (χ0v) is 14.2. The first-order valence-electron chi connectivity index (χ1n) is 8.22. The number of nitrogens with one attached hydrogen (secondary N) is 1. The molecule has 8 heteroatoms. The third-order valence-corrected chi connectivity index (χ3v) is 4.12. The minimum atomic E-state index is -0.251. The monoisotopic (exact) mass is 347 g/mol. The minimum Gasteiger partial charge on any atom is -0.321 e. The van der Waals surface area contributed by atoms with Gasteiger partial charge in [0.1, 0.15) is 17.8 Å². The first kappa shape index (κ1) is 15.9. The van der Waals surface area contributed by atoms with Crippen LogP contribution in [-0.4, -0.2) is 35.3 Å². The Morgan fingerprint density at radius 3 is 2.96 bits per heavy atom. The van der Waals surface area contributed by atoms with Gasteiger partial charge in [0, 0.05) is 31.4 Å². The van der Waals surface area contributed by atoms with Crippen LogP contribution in [0.2, 0.25) is 0 Å². The Kier molecular flexibility index (Phi) is 4.14. The number of hydrogen-bond acceptors (Lipinski definition) is 5. The van der Waals surface area contributed by atoms with Crippen molar-refractivity contribution < 1.29 is 4.79 Å². The highest BCUT2D eigenvalue weighted by Gasteiger charge is 2.10. The van der Waals surface area contributed by atoms with Crippen LogP contribution in [0.25, 0.3) is 5.65 Å². The fourth-order valence-corrected chi connectivity index (χ4v) is 2.73. The summed E-state index contributed by atoms with van der Waals surface area (Å²) in [5.74, 6) is 0.678. The van der Waals surface area contributed by atoms with Crippen LogP contribution < -0.4 is 5.32 Å². The standard InChI is InChI=1S/C18H17N7O/c1-24-12-19-23-17(24)6-5-13-3-2-4-14(11-13)21-18(26)15-8-10-25-16(22-15)7-9-20-25/h2-4,7-12H,5-6H2,1H3,(H,21,26). The molecule has 130 valence electrons. The molecule has 8 nitrogen and oxygen atoms in total. The van der Waals surface area contributed by atoms with Crippen LogP contribution in [0.3, 0.4) is 0 Å². The molecule has 3 heterocycles. The van der Waals surface area contributed by atoms with E-state index in [9.17, 15) is 4.79 Å². The van der Waals surface area contributed by atoms with Crippen LogP contribution in [0.4, 0.5) is 5.69 Å². The second-order valence-electron chi connectivity index (χ2n) is 5.96. The number of fused-ring (bicyclic) bond motifs is 1. The van der Waals surface area contributed by atoms with Gasteiger partial charge >= 0.3 is 0 Å². The van der Waals surface area contributed by atoms with E-state index >= 15 is 0 Å². The lowest BCUT2D eigenvalue weighted by Gasteiger charge is -2.07.